The summed E-state index contributed by atoms with van der Waals surface area (Å²) >= 11 is 0. The minimum absolute atomic E-state index is 0.162. The van der Waals surface area contributed by atoms with Crippen molar-refractivity contribution in [1.82, 2.24) is 5.32 Å². The number of hydrogen-bond acceptors (Lipinski definition) is 7. The van der Waals surface area contributed by atoms with Crippen LogP contribution in [0.1, 0.15) is 75.9 Å². The zero-order valence-electron chi connectivity index (χ0n) is 21.9. The number of carbonyl (C=O) groups is 4. The van der Waals surface area contributed by atoms with Gasteiger partial charge in [-0.05, 0) is 60.1 Å². The maximum absolute atomic E-state index is 12.8. The van der Waals surface area contributed by atoms with Gasteiger partial charge in [0.15, 0.2) is 11.8 Å². The highest BCUT2D eigenvalue weighted by Gasteiger charge is 2.31. The fourth-order valence-electron chi connectivity index (χ4n) is 3.12. The van der Waals surface area contributed by atoms with E-state index in [9.17, 15) is 19.2 Å². The second-order valence-corrected chi connectivity index (χ2v) is 10.4. The molecule has 0 radical (unpaired) electrons. The zero-order valence-corrected chi connectivity index (χ0v) is 21.9. The van der Waals surface area contributed by atoms with Crippen LogP contribution in [0, 0.1) is 0 Å². The van der Waals surface area contributed by atoms with Crippen LogP contribution in [0.15, 0.2) is 54.6 Å². The van der Waals surface area contributed by atoms with Gasteiger partial charge in [0.1, 0.15) is 17.8 Å². The molecule has 8 heteroatoms. The van der Waals surface area contributed by atoms with Gasteiger partial charge in [0.2, 0.25) is 0 Å². The molecule has 0 bridgehead atoms. The molecule has 0 aliphatic rings. The second-order valence-electron chi connectivity index (χ2n) is 10.4. The van der Waals surface area contributed by atoms with Gasteiger partial charge in [0, 0.05) is 11.1 Å². The van der Waals surface area contributed by atoms with Crippen molar-refractivity contribution in [3.05, 3.63) is 71.3 Å². The van der Waals surface area contributed by atoms with E-state index in [-0.39, 0.29) is 5.78 Å². The van der Waals surface area contributed by atoms with Crippen molar-refractivity contribution < 1.29 is 33.4 Å². The molecule has 2 atom stereocenters. The van der Waals surface area contributed by atoms with E-state index in [4.69, 9.17) is 14.2 Å². The van der Waals surface area contributed by atoms with Gasteiger partial charge in [0.05, 0.1) is 5.92 Å². The second kappa shape index (κ2) is 11.8. The molecule has 2 rings (SSSR count). The minimum Gasteiger partial charge on any atom is -0.462 e. The Morgan fingerprint density at radius 3 is 1.94 bits per heavy atom. The van der Waals surface area contributed by atoms with Crippen LogP contribution in [0.2, 0.25) is 0 Å². The molecule has 2 aromatic carbocycles. The highest BCUT2D eigenvalue weighted by molar-refractivity contribution is 6.09. The van der Waals surface area contributed by atoms with E-state index in [1.54, 1.807) is 97.0 Å². The Kier molecular flexibility index (Phi) is 9.39. The Morgan fingerprint density at radius 2 is 1.36 bits per heavy atom. The van der Waals surface area contributed by atoms with Crippen molar-refractivity contribution in [2.45, 2.75) is 71.6 Å². The Balaban J connectivity index is 2.11. The SMILES string of the molecule is C[C@H](C(=O)OC[C@H](NC(=O)OC(C)(C)C)C(=O)OC(C)(C)C)c1cccc(C(=O)c2ccccc2)c1. The van der Waals surface area contributed by atoms with E-state index in [1.807, 2.05) is 6.07 Å². The molecule has 0 aliphatic carbocycles. The molecule has 0 unspecified atom stereocenters. The summed E-state index contributed by atoms with van der Waals surface area (Å²) in [5.41, 5.74) is -0.0326. The number of nitrogens with one attached hydrogen (secondary N) is 1. The number of ether oxygens (including phenoxy) is 3. The molecular weight excluding hydrogens is 462 g/mol. The van der Waals surface area contributed by atoms with E-state index < -0.39 is 47.8 Å². The Bertz CT molecular complexity index is 1080. The summed E-state index contributed by atoms with van der Waals surface area (Å²) in [5, 5.41) is 2.41. The van der Waals surface area contributed by atoms with Crippen LogP contribution in [0.5, 0.6) is 0 Å². The topological polar surface area (TPSA) is 108 Å². The van der Waals surface area contributed by atoms with Gasteiger partial charge in [-0.15, -0.1) is 0 Å². The van der Waals surface area contributed by atoms with Crippen molar-refractivity contribution >= 4 is 23.8 Å². The maximum Gasteiger partial charge on any atom is 0.408 e. The largest absolute Gasteiger partial charge is 0.462 e. The van der Waals surface area contributed by atoms with Crippen molar-refractivity contribution in [1.29, 1.82) is 0 Å². The summed E-state index contributed by atoms with van der Waals surface area (Å²) in [5.74, 6) is -2.28. The minimum atomic E-state index is -1.26. The standard InChI is InChI=1S/C28H35NO7/c1-18(20-14-11-15-21(16-20)23(30)19-12-9-8-10-13-19)24(31)34-17-22(25(32)35-27(2,3)4)29-26(33)36-28(5,6)7/h8-16,18,22H,17H2,1-7H3,(H,29,33)/t18-,22-/m0/s1. The summed E-state index contributed by atoms with van der Waals surface area (Å²) in [6, 6.07) is 14.3. The van der Waals surface area contributed by atoms with Crippen LogP contribution < -0.4 is 5.32 Å². The van der Waals surface area contributed by atoms with Gasteiger partial charge in [-0.2, -0.15) is 0 Å². The lowest BCUT2D eigenvalue weighted by Crippen LogP contribution is -2.48. The number of rotatable bonds is 8. The summed E-state index contributed by atoms with van der Waals surface area (Å²) in [4.78, 5) is 50.5. The van der Waals surface area contributed by atoms with Gasteiger partial charge in [-0.1, -0.05) is 48.5 Å². The van der Waals surface area contributed by atoms with E-state index in [0.29, 0.717) is 16.7 Å². The molecule has 0 heterocycles. The van der Waals surface area contributed by atoms with Crippen molar-refractivity contribution in [3.8, 4) is 0 Å². The number of esters is 2. The average molecular weight is 498 g/mol. The highest BCUT2D eigenvalue weighted by Crippen LogP contribution is 2.20. The Hall–Kier alpha value is -3.68. The van der Waals surface area contributed by atoms with Crippen LogP contribution in [-0.2, 0) is 23.8 Å². The summed E-state index contributed by atoms with van der Waals surface area (Å²) in [7, 11) is 0. The van der Waals surface area contributed by atoms with Crippen LogP contribution >= 0.6 is 0 Å². The third kappa shape index (κ3) is 9.17. The van der Waals surface area contributed by atoms with Gasteiger partial charge in [-0.25, -0.2) is 9.59 Å². The Labute approximate surface area is 212 Å². The number of benzene rings is 2. The summed E-state index contributed by atoms with van der Waals surface area (Å²) in [6.45, 7) is 11.3. The number of ketones is 1. The van der Waals surface area contributed by atoms with E-state index in [1.165, 1.54) is 0 Å². The third-order valence-corrected chi connectivity index (χ3v) is 4.81. The quantitative estimate of drug-likeness (QED) is 0.317. The molecule has 0 saturated carbocycles. The predicted octanol–water partition coefficient (Wildman–Crippen LogP) is 4.80. The molecule has 0 aliphatic heterocycles. The number of amides is 1. The molecule has 0 spiro atoms. The van der Waals surface area contributed by atoms with Gasteiger partial charge < -0.3 is 19.5 Å². The van der Waals surface area contributed by atoms with E-state index in [0.717, 1.165) is 0 Å². The zero-order chi connectivity index (χ0) is 27.1. The summed E-state index contributed by atoms with van der Waals surface area (Å²) in [6.07, 6.45) is -0.838. The molecular formula is C28H35NO7. The molecule has 8 nitrogen and oxygen atoms in total. The van der Waals surface area contributed by atoms with Crippen LogP contribution in [0.25, 0.3) is 0 Å². The van der Waals surface area contributed by atoms with E-state index in [2.05, 4.69) is 5.32 Å². The van der Waals surface area contributed by atoms with Crippen molar-refractivity contribution in [3.63, 3.8) is 0 Å². The van der Waals surface area contributed by atoms with Crippen LogP contribution in [0.3, 0.4) is 0 Å². The summed E-state index contributed by atoms with van der Waals surface area (Å²) < 4.78 is 15.9. The highest BCUT2D eigenvalue weighted by atomic mass is 16.6. The van der Waals surface area contributed by atoms with Gasteiger partial charge >= 0.3 is 18.0 Å². The molecule has 0 fully saturated rings. The molecule has 1 N–H and O–H groups in total. The maximum atomic E-state index is 12.8. The van der Waals surface area contributed by atoms with E-state index >= 15 is 0 Å². The predicted molar refractivity (Wildman–Crippen MR) is 135 cm³/mol. The first-order chi connectivity index (χ1) is 16.7. The number of alkyl carbamates (subject to hydrolysis) is 1. The molecule has 1 amide bonds. The average Bonchev–Trinajstić information content (AvgIpc) is 2.78. The first kappa shape index (κ1) is 28.6. The number of carbonyl (C=O) groups excluding carboxylic acids is 4. The lowest BCUT2D eigenvalue weighted by molar-refractivity contribution is -0.161. The molecule has 0 aromatic heterocycles. The smallest absolute Gasteiger partial charge is 0.408 e. The normalized spacial score (nSPS) is 13.2. The van der Waals surface area contributed by atoms with Crippen molar-refractivity contribution in [2.24, 2.45) is 0 Å². The van der Waals surface area contributed by atoms with Crippen molar-refractivity contribution in [2.75, 3.05) is 6.61 Å². The van der Waals surface area contributed by atoms with Crippen LogP contribution in [-0.4, -0.2) is 47.7 Å². The first-order valence-electron chi connectivity index (χ1n) is 11.7. The first-order valence-corrected chi connectivity index (χ1v) is 11.7. The monoisotopic (exact) mass is 497 g/mol. The third-order valence-electron chi connectivity index (χ3n) is 4.81. The fourth-order valence-corrected chi connectivity index (χ4v) is 3.12. The molecule has 0 saturated heterocycles. The molecule has 194 valence electrons. The Morgan fingerprint density at radius 1 is 0.778 bits per heavy atom. The van der Waals surface area contributed by atoms with Gasteiger partial charge in [0.25, 0.3) is 0 Å². The lowest BCUT2D eigenvalue weighted by Gasteiger charge is -2.26. The van der Waals surface area contributed by atoms with Gasteiger partial charge in [-0.3, -0.25) is 9.59 Å². The van der Waals surface area contributed by atoms with Crippen LogP contribution in [0.4, 0.5) is 4.79 Å². The fraction of sp³-hybridized carbons (Fsp3) is 0.429. The number of hydrogen-bond donors (Lipinski definition) is 1. The molecule has 36 heavy (non-hydrogen) atoms. The lowest BCUT2D eigenvalue weighted by atomic mass is 9.96. The molecule has 2 aromatic rings.